The van der Waals surface area contributed by atoms with Crippen molar-refractivity contribution in [2.45, 2.75) is 6.92 Å². The summed E-state index contributed by atoms with van der Waals surface area (Å²) in [5, 5.41) is 1.16. The average Bonchev–Trinajstić information content (AvgIpc) is 2.60. The lowest BCUT2D eigenvalue weighted by Gasteiger charge is -2.09. The van der Waals surface area contributed by atoms with Gasteiger partial charge in [-0.1, -0.05) is 56.8 Å². The molecule has 0 aromatic heterocycles. The van der Waals surface area contributed by atoms with E-state index in [-0.39, 0.29) is 11.1 Å². The van der Waals surface area contributed by atoms with Gasteiger partial charge in [0, 0.05) is 11.1 Å². The van der Waals surface area contributed by atoms with Gasteiger partial charge >= 0.3 is 0 Å². The zero-order valence-electron chi connectivity index (χ0n) is 12.9. The highest BCUT2D eigenvalue weighted by atomic mass is 32.0. The minimum absolute atomic E-state index is 0.0584. The Bertz CT molecular complexity index is 890. The Morgan fingerprint density at radius 3 is 2.00 bits per heavy atom. The van der Waals surface area contributed by atoms with Crippen LogP contribution in [-0.2, 0) is 0 Å². The van der Waals surface area contributed by atoms with E-state index in [0.29, 0.717) is 19.4 Å². The van der Waals surface area contributed by atoms with E-state index in [9.17, 15) is 13.2 Å². The number of hydrogen-bond donors (Lipinski definition) is 0. The Hall–Kier alpha value is -1.69. The molecule has 0 aliphatic heterocycles. The van der Waals surface area contributed by atoms with Crippen molar-refractivity contribution in [1.82, 2.24) is 0 Å². The summed E-state index contributed by atoms with van der Waals surface area (Å²) in [5.41, 5.74) is 1.79. The van der Waals surface area contributed by atoms with Crippen LogP contribution in [0.2, 0.25) is 0 Å². The van der Waals surface area contributed by atoms with Gasteiger partial charge in [0.05, 0.1) is 0 Å². The zero-order valence-corrected chi connectivity index (χ0v) is 15.1. The Balaban J connectivity index is 2.02. The lowest BCUT2D eigenvalue weighted by Crippen LogP contribution is -1.95. The highest BCUT2D eigenvalue weighted by Gasteiger charge is 2.14. The molecular weight excluding hydrogens is 347 g/mol. The molecule has 2 unspecified atom stereocenters. The van der Waals surface area contributed by atoms with Crippen LogP contribution in [0.5, 0.6) is 0 Å². The second-order valence-corrected chi connectivity index (χ2v) is 7.21. The molecule has 0 aliphatic carbocycles. The predicted molar refractivity (Wildman–Crippen MR) is 99.6 cm³/mol. The molecule has 0 bridgehead atoms. The van der Waals surface area contributed by atoms with Gasteiger partial charge in [-0.25, -0.2) is 13.2 Å². The number of hydrogen-bond acceptors (Lipinski definition) is 0. The predicted octanol–water partition coefficient (Wildman–Crippen LogP) is 5.84. The van der Waals surface area contributed by atoms with Crippen LogP contribution in [0.1, 0.15) is 5.56 Å². The second kappa shape index (κ2) is 7.05. The maximum Gasteiger partial charge on any atom is 0.166 e. The summed E-state index contributed by atoms with van der Waals surface area (Å²) in [7, 11) is 3.27. The molecule has 3 aromatic carbocycles. The van der Waals surface area contributed by atoms with Crippen LogP contribution in [0.15, 0.2) is 54.6 Å². The lowest BCUT2D eigenvalue weighted by molar-refractivity contribution is 0.505. The molecule has 24 heavy (non-hydrogen) atoms. The van der Waals surface area contributed by atoms with E-state index in [2.05, 4.69) is 8.93 Å². The van der Waals surface area contributed by atoms with Gasteiger partial charge in [-0.2, -0.15) is 0 Å². The summed E-state index contributed by atoms with van der Waals surface area (Å²) in [5.74, 6) is -2.31. The molecule has 0 nitrogen and oxygen atoms in total. The molecule has 0 aliphatic rings. The van der Waals surface area contributed by atoms with Crippen LogP contribution < -0.4 is 5.30 Å². The van der Waals surface area contributed by atoms with Crippen molar-refractivity contribution in [3.8, 4) is 22.3 Å². The molecule has 5 heteroatoms. The quantitative estimate of drug-likeness (QED) is 0.514. The van der Waals surface area contributed by atoms with Crippen molar-refractivity contribution in [1.29, 1.82) is 0 Å². The van der Waals surface area contributed by atoms with E-state index < -0.39 is 17.5 Å². The van der Waals surface area contributed by atoms with Crippen LogP contribution in [-0.4, -0.2) is 0 Å². The Morgan fingerprint density at radius 2 is 1.38 bits per heavy atom. The van der Waals surface area contributed by atoms with E-state index in [0.717, 1.165) is 10.9 Å². The van der Waals surface area contributed by atoms with Crippen LogP contribution in [0.25, 0.3) is 22.3 Å². The number of aryl methyl sites for hydroxylation is 1. The summed E-state index contributed by atoms with van der Waals surface area (Å²) in [4.78, 5) is 0. The van der Waals surface area contributed by atoms with Crippen molar-refractivity contribution >= 4 is 22.5 Å². The van der Waals surface area contributed by atoms with E-state index in [1.807, 2.05) is 24.3 Å². The third-order valence-electron chi connectivity index (χ3n) is 3.92. The van der Waals surface area contributed by atoms with Crippen LogP contribution in [0, 0.1) is 24.4 Å². The topological polar surface area (TPSA) is 0 Å². The average molecular weight is 362 g/mol. The molecule has 0 heterocycles. The van der Waals surface area contributed by atoms with Crippen molar-refractivity contribution in [3.05, 3.63) is 77.6 Å². The molecule has 0 saturated carbocycles. The monoisotopic (exact) mass is 362 g/mol. The Morgan fingerprint density at radius 1 is 0.750 bits per heavy atom. The fourth-order valence-electron chi connectivity index (χ4n) is 2.53. The molecule has 0 saturated heterocycles. The van der Waals surface area contributed by atoms with Crippen molar-refractivity contribution in [3.63, 3.8) is 0 Å². The smallest absolute Gasteiger partial charge is 0.166 e. The fourth-order valence-corrected chi connectivity index (χ4v) is 3.47. The first-order valence-electron chi connectivity index (χ1n) is 7.33. The van der Waals surface area contributed by atoms with Crippen LogP contribution in [0.4, 0.5) is 13.2 Å². The third-order valence-corrected chi connectivity index (χ3v) is 5.58. The summed E-state index contributed by atoms with van der Waals surface area (Å²) in [6, 6.07) is 15.0. The van der Waals surface area contributed by atoms with Gasteiger partial charge in [-0.05, 0) is 35.0 Å². The van der Waals surface area contributed by atoms with Crippen LogP contribution in [0.3, 0.4) is 0 Å². The minimum Gasteiger partial charge on any atom is -0.206 e. The first-order chi connectivity index (χ1) is 11.5. The summed E-state index contributed by atoms with van der Waals surface area (Å²) >= 11 is 0. The first kappa shape index (κ1) is 17.1. The summed E-state index contributed by atoms with van der Waals surface area (Å²) in [6.07, 6.45) is 0. The fraction of sp³-hybridized carbons (Fsp3) is 0.0526. The van der Waals surface area contributed by atoms with Gasteiger partial charge in [0.2, 0.25) is 0 Å². The largest absolute Gasteiger partial charge is 0.206 e. The first-order valence-corrected chi connectivity index (χ1v) is 10.1. The molecule has 2 atom stereocenters. The van der Waals surface area contributed by atoms with Gasteiger partial charge in [-0.3, -0.25) is 0 Å². The van der Waals surface area contributed by atoms with Crippen molar-refractivity contribution in [2.75, 3.05) is 0 Å². The zero-order chi connectivity index (χ0) is 17.3. The molecule has 3 rings (SSSR count). The number of rotatable bonds is 3. The Kier molecular flexibility index (Phi) is 5.04. The van der Waals surface area contributed by atoms with E-state index in [4.69, 9.17) is 0 Å². The highest BCUT2D eigenvalue weighted by molar-refractivity contribution is 8.06. The van der Waals surface area contributed by atoms with Gasteiger partial charge in [0.1, 0.15) is 5.82 Å². The molecule has 0 radical (unpaired) electrons. The van der Waals surface area contributed by atoms with Gasteiger partial charge in [0.25, 0.3) is 0 Å². The molecule has 122 valence electrons. The van der Waals surface area contributed by atoms with Gasteiger partial charge in [-0.15, -0.1) is 8.93 Å². The second-order valence-electron chi connectivity index (χ2n) is 5.47. The molecule has 3 aromatic rings. The molecule has 0 fully saturated rings. The van der Waals surface area contributed by atoms with E-state index in [1.54, 1.807) is 12.1 Å². The molecular formula is C19H15F3P2. The maximum atomic E-state index is 14.5. The molecule has 0 N–H and O–H groups in total. The summed E-state index contributed by atoms with van der Waals surface area (Å²) in [6.45, 7) is 1.49. The van der Waals surface area contributed by atoms with Gasteiger partial charge < -0.3 is 0 Å². The van der Waals surface area contributed by atoms with Gasteiger partial charge in [0.15, 0.2) is 11.6 Å². The third kappa shape index (κ3) is 3.24. The molecule has 0 spiro atoms. The van der Waals surface area contributed by atoms with Crippen molar-refractivity contribution < 1.29 is 13.2 Å². The highest BCUT2D eigenvalue weighted by Crippen LogP contribution is 2.31. The maximum absolute atomic E-state index is 14.5. The van der Waals surface area contributed by atoms with Crippen molar-refractivity contribution in [2.24, 2.45) is 0 Å². The number of benzene rings is 3. The SMILES string of the molecule is Cc1ccc(-c2ccc(-c3ccc(PP)cc3)c(F)c2)c(F)c1F. The van der Waals surface area contributed by atoms with E-state index in [1.165, 1.54) is 25.1 Å². The standard InChI is InChI=1S/C19H15F3P2/c1-11-2-8-16(19(22)18(11)21)13-5-9-15(17(20)10-13)12-3-6-14(24-23)7-4-12/h2-10,24H,23H2,1H3. The number of halogens is 3. The minimum atomic E-state index is -0.951. The normalized spacial score (nSPS) is 11.4. The summed E-state index contributed by atoms with van der Waals surface area (Å²) < 4.78 is 42.3. The Labute approximate surface area is 143 Å². The van der Waals surface area contributed by atoms with E-state index >= 15 is 0 Å². The van der Waals surface area contributed by atoms with Crippen LogP contribution >= 0.6 is 17.2 Å². The molecule has 0 amide bonds. The lowest BCUT2D eigenvalue weighted by atomic mass is 9.98.